The Labute approximate surface area is 185 Å². The van der Waals surface area contributed by atoms with Crippen molar-refractivity contribution in [3.63, 3.8) is 0 Å². The van der Waals surface area contributed by atoms with Crippen LogP contribution in [0.4, 0.5) is 0 Å². The first-order valence-electron chi connectivity index (χ1n) is 9.59. The van der Waals surface area contributed by atoms with Gasteiger partial charge in [0, 0.05) is 21.2 Å². The van der Waals surface area contributed by atoms with Crippen molar-refractivity contribution in [1.82, 2.24) is 5.43 Å². The van der Waals surface area contributed by atoms with E-state index in [-0.39, 0.29) is 0 Å². The van der Waals surface area contributed by atoms with E-state index in [1.54, 1.807) is 6.21 Å². The van der Waals surface area contributed by atoms with Crippen molar-refractivity contribution in [3.05, 3.63) is 112 Å². The van der Waals surface area contributed by atoms with Gasteiger partial charge in [-0.25, -0.2) is 0 Å². The summed E-state index contributed by atoms with van der Waals surface area (Å²) in [7, 11) is 0. The molecule has 4 rings (SSSR count). The van der Waals surface area contributed by atoms with Gasteiger partial charge in [-0.1, -0.05) is 89.9 Å². The average molecular weight is 435 g/mol. The lowest BCUT2D eigenvalue weighted by molar-refractivity contribution is 0.306. The number of rotatable bonds is 7. The monoisotopic (exact) mass is 434 g/mol. The molecule has 0 spiro atoms. The molecule has 0 saturated heterocycles. The maximum absolute atomic E-state index is 6.27. The van der Waals surface area contributed by atoms with Crippen molar-refractivity contribution in [2.75, 3.05) is 0 Å². The van der Waals surface area contributed by atoms with Crippen LogP contribution in [0.1, 0.15) is 16.7 Å². The van der Waals surface area contributed by atoms with Gasteiger partial charge in [0.15, 0.2) is 0 Å². The minimum atomic E-state index is 0.381. The minimum Gasteiger partial charge on any atom is -0.488 e. The molecule has 0 aromatic heterocycles. The highest BCUT2D eigenvalue weighted by Crippen LogP contribution is 2.28. The first-order valence-corrected chi connectivity index (χ1v) is 10.4. The molecule has 0 heterocycles. The second kappa shape index (κ2) is 9.66. The van der Waals surface area contributed by atoms with Crippen LogP contribution in [0.5, 0.6) is 5.75 Å². The summed E-state index contributed by atoms with van der Waals surface area (Å²) < 4.78 is 6.12. The van der Waals surface area contributed by atoms with Gasteiger partial charge in [-0.3, -0.25) is 0 Å². The molecule has 0 radical (unpaired) electrons. The highest BCUT2D eigenvalue weighted by molar-refractivity contribution is 6.31. The predicted octanol–water partition coefficient (Wildman–Crippen LogP) is 6.85. The number of nitrogens with one attached hydrogen (secondary N) is 1. The van der Waals surface area contributed by atoms with E-state index in [2.05, 4.69) is 22.7 Å². The van der Waals surface area contributed by atoms with E-state index in [0.717, 1.165) is 33.2 Å². The standard InChI is InChI=1S/C25H20Cl2N2O/c26-23-11-5-2-8-19(23)15-28-29-16-22-21-10-4-1-7-18(21)13-14-25(22)30-17-20-9-3-6-12-24(20)27/h1-14,16,28H,15,17H2/b29-16-. The molecule has 1 N–H and O–H groups in total. The number of hydrogen-bond acceptors (Lipinski definition) is 3. The molecule has 4 aromatic carbocycles. The predicted molar refractivity (Wildman–Crippen MR) is 126 cm³/mol. The molecule has 0 aliphatic heterocycles. The van der Waals surface area contributed by atoms with Gasteiger partial charge in [-0.15, -0.1) is 0 Å². The van der Waals surface area contributed by atoms with Crippen molar-refractivity contribution in [1.29, 1.82) is 0 Å². The molecule has 0 unspecified atom stereocenters. The Bertz CT molecular complexity index is 1190. The highest BCUT2D eigenvalue weighted by Gasteiger charge is 2.09. The molecule has 0 bridgehead atoms. The van der Waals surface area contributed by atoms with Gasteiger partial charge in [-0.2, -0.15) is 5.10 Å². The van der Waals surface area contributed by atoms with E-state index in [4.69, 9.17) is 27.9 Å². The third-order valence-corrected chi connectivity index (χ3v) is 5.52. The fourth-order valence-corrected chi connectivity index (χ4v) is 3.58. The van der Waals surface area contributed by atoms with Crippen LogP contribution < -0.4 is 10.2 Å². The third-order valence-electron chi connectivity index (χ3n) is 4.78. The fraction of sp³-hybridized carbons (Fsp3) is 0.0800. The summed E-state index contributed by atoms with van der Waals surface area (Å²) in [4.78, 5) is 0. The molecule has 0 aliphatic carbocycles. The Morgan fingerprint density at radius 3 is 2.20 bits per heavy atom. The van der Waals surface area contributed by atoms with Crippen LogP contribution in [-0.2, 0) is 13.2 Å². The van der Waals surface area contributed by atoms with E-state index in [1.165, 1.54) is 0 Å². The Morgan fingerprint density at radius 2 is 1.43 bits per heavy atom. The molecule has 0 saturated carbocycles. The van der Waals surface area contributed by atoms with Crippen molar-refractivity contribution >= 4 is 40.2 Å². The summed E-state index contributed by atoms with van der Waals surface area (Å²) in [6, 6.07) is 27.6. The minimum absolute atomic E-state index is 0.381. The number of fused-ring (bicyclic) bond motifs is 1. The largest absolute Gasteiger partial charge is 0.488 e. The van der Waals surface area contributed by atoms with Gasteiger partial charge in [0.05, 0.1) is 12.8 Å². The maximum atomic E-state index is 6.27. The molecule has 0 fully saturated rings. The lowest BCUT2D eigenvalue weighted by Gasteiger charge is -2.12. The second-order valence-corrected chi connectivity index (χ2v) is 7.58. The Kier molecular flexibility index (Phi) is 6.53. The quantitative estimate of drug-likeness (QED) is 0.254. The van der Waals surface area contributed by atoms with Crippen molar-refractivity contribution in [2.24, 2.45) is 5.10 Å². The molecular formula is C25H20Cl2N2O. The van der Waals surface area contributed by atoms with Crippen LogP contribution in [-0.4, -0.2) is 6.21 Å². The normalized spacial score (nSPS) is 11.1. The molecule has 0 amide bonds. The molecule has 150 valence electrons. The second-order valence-electron chi connectivity index (χ2n) is 6.76. The topological polar surface area (TPSA) is 33.6 Å². The third kappa shape index (κ3) is 4.76. The molecule has 5 heteroatoms. The maximum Gasteiger partial charge on any atom is 0.129 e. The molecule has 0 atom stereocenters. The van der Waals surface area contributed by atoms with Crippen molar-refractivity contribution in [2.45, 2.75) is 13.2 Å². The summed E-state index contributed by atoms with van der Waals surface area (Å²) in [5, 5.41) is 8.02. The van der Waals surface area contributed by atoms with Crippen LogP contribution in [0, 0.1) is 0 Å². The Balaban J connectivity index is 1.57. The van der Waals surface area contributed by atoms with E-state index in [1.807, 2.05) is 72.8 Å². The lowest BCUT2D eigenvalue weighted by Crippen LogP contribution is -2.07. The van der Waals surface area contributed by atoms with Gasteiger partial charge in [-0.05, 0) is 34.5 Å². The summed E-state index contributed by atoms with van der Waals surface area (Å²) >= 11 is 12.5. The van der Waals surface area contributed by atoms with Gasteiger partial charge in [0.1, 0.15) is 12.4 Å². The van der Waals surface area contributed by atoms with E-state index < -0.39 is 0 Å². The number of benzene rings is 4. The zero-order valence-electron chi connectivity index (χ0n) is 16.2. The highest BCUT2D eigenvalue weighted by atomic mass is 35.5. The van der Waals surface area contributed by atoms with Crippen molar-refractivity contribution in [3.8, 4) is 5.75 Å². The first-order chi connectivity index (χ1) is 14.7. The lowest BCUT2D eigenvalue weighted by atomic mass is 10.0. The van der Waals surface area contributed by atoms with Gasteiger partial charge < -0.3 is 10.2 Å². The molecule has 3 nitrogen and oxygen atoms in total. The summed E-state index contributed by atoms with van der Waals surface area (Å²) in [5.74, 6) is 0.747. The summed E-state index contributed by atoms with van der Waals surface area (Å²) in [5.41, 5.74) is 5.91. The SMILES string of the molecule is Clc1ccccc1CN/N=C\c1c(OCc2ccccc2Cl)ccc2ccccc12. The summed E-state index contributed by atoms with van der Waals surface area (Å²) in [6.45, 7) is 0.919. The number of nitrogens with zero attached hydrogens (tertiary/aromatic N) is 1. The molecule has 4 aromatic rings. The van der Waals surface area contributed by atoms with Gasteiger partial charge in [0.2, 0.25) is 0 Å². The van der Waals surface area contributed by atoms with Crippen LogP contribution in [0.25, 0.3) is 10.8 Å². The van der Waals surface area contributed by atoms with Crippen LogP contribution in [0.15, 0.2) is 90.0 Å². The van der Waals surface area contributed by atoms with Gasteiger partial charge in [0.25, 0.3) is 0 Å². The number of halogens is 2. The van der Waals surface area contributed by atoms with E-state index >= 15 is 0 Å². The smallest absolute Gasteiger partial charge is 0.129 e. The van der Waals surface area contributed by atoms with Gasteiger partial charge >= 0.3 is 0 Å². The molecule has 0 aliphatic rings. The van der Waals surface area contributed by atoms with E-state index in [0.29, 0.717) is 23.2 Å². The fourth-order valence-electron chi connectivity index (χ4n) is 3.19. The van der Waals surface area contributed by atoms with E-state index in [9.17, 15) is 0 Å². The Hall–Kier alpha value is -3.01. The van der Waals surface area contributed by atoms with Crippen LogP contribution in [0.3, 0.4) is 0 Å². The van der Waals surface area contributed by atoms with Crippen molar-refractivity contribution < 1.29 is 4.74 Å². The number of ether oxygens (including phenoxy) is 1. The van der Waals surface area contributed by atoms with Crippen LogP contribution in [0.2, 0.25) is 10.0 Å². The zero-order chi connectivity index (χ0) is 20.8. The molecular weight excluding hydrogens is 415 g/mol. The number of hydrogen-bond donors (Lipinski definition) is 1. The molecule has 30 heavy (non-hydrogen) atoms. The first kappa shape index (κ1) is 20.3. The number of hydrazone groups is 1. The Morgan fingerprint density at radius 1 is 0.767 bits per heavy atom. The average Bonchev–Trinajstić information content (AvgIpc) is 2.77. The zero-order valence-corrected chi connectivity index (χ0v) is 17.7. The van der Waals surface area contributed by atoms with Crippen LogP contribution >= 0.6 is 23.2 Å². The summed E-state index contributed by atoms with van der Waals surface area (Å²) in [6.07, 6.45) is 1.79.